The smallest absolute Gasteiger partial charge is 0.149 e. The fraction of sp³-hybridized carbons (Fsp3) is 0.440. The maximum absolute atomic E-state index is 10.3. The maximum Gasteiger partial charge on any atom is 0.149 e. The zero-order chi connectivity index (χ0) is 76.7. The summed E-state index contributed by atoms with van der Waals surface area (Å²) in [6.07, 6.45) is 0.0256. The predicted molar refractivity (Wildman–Crippen MR) is 418 cm³/mol. The van der Waals surface area contributed by atoms with Crippen LogP contribution in [0.4, 0.5) is 0 Å². The summed E-state index contributed by atoms with van der Waals surface area (Å²) >= 11 is 20.9. The standard InChI is InChI=1S/2C25H31ClIN3O5.C22H28ClN3O4.C3H4O/c1-16-10-18(6-9-23(16)35-14-19(32)11-26)25(2,3)17-4-7-21(8-5-17)34-15-20(33)12-30-22(13-31)24(27)28-29-30;1-16-10-18(6-9-23(16)35-14-19(32)11-26)25(2,3)17-4-7-21(8-5-17)34-15-20(33)12-30-24(27)22(13-31)28-29-30;1-15-10-17(6-9-21(15)30-13-18(27)11-23)22(2,3)16-4-7-20(8-5-16)29-14-19(28)12-25-26-24;1-2-3-4/h2*4-10,19-20,31-33H,11-15H2,1-3H3;4-10,18-19,27-28H,11-14H2,1-3H3;1,4H,3H2/t2*19-,20-;18-,19-;/m111./s1/i2*27-4;;. The molecule has 6 atom stereocenters. The monoisotopic (exact) mass is 1710 g/mol. The van der Waals surface area contributed by atoms with E-state index in [0.29, 0.717) is 36.0 Å². The number of alkyl halides is 3. The van der Waals surface area contributed by atoms with Crippen LogP contribution in [0.2, 0.25) is 0 Å². The molecule has 8 aromatic rings. The first-order valence-corrected chi connectivity index (χ1v) is 36.9. The van der Waals surface area contributed by atoms with E-state index in [4.69, 9.17) is 73.9 Å². The van der Waals surface area contributed by atoms with Crippen molar-refractivity contribution in [2.75, 3.05) is 70.4 Å². The Balaban J connectivity index is 0.000000274. The molecule has 29 heteroatoms. The second-order valence-corrected chi connectivity index (χ2v) is 28.7. The number of nitrogens with zero attached hydrogens (tertiary/aromatic N) is 9. The summed E-state index contributed by atoms with van der Waals surface area (Å²) in [6, 6.07) is 41.4. The van der Waals surface area contributed by atoms with Crippen molar-refractivity contribution in [1.29, 1.82) is 0 Å². The summed E-state index contributed by atoms with van der Waals surface area (Å²) in [5.74, 6) is 6.50. The highest BCUT2D eigenvalue weighted by Gasteiger charge is 2.28. The molecule has 0 saturated heterocycles. The van der Waals surface area contributed by atoms with Crippen LogP contribution in [0, 0.1) is 40.5 Å². The molecular weight excluding hydrogens is 1620 g/mol. The van der Waals surface area contributed by atoms with Crippen LogP contribution in [0.15, 0.2) is 133 Å². The lowest BCUT2D eigenvalue weighted by molar-refractivity contribution is 0.0866. The van der Waals surface area contributed by atoms with Crippen LogP contribution in [0.25, 0.3) is 10.4 Å². The summed E-state index contributed by atoms with van der Waals surface area (Å²) in [7, 11) is 0. The minimum Gasteiger partial charge on any atom is -0.491 e. The number of aliphatic hydroxyl groups is 9. The lowest BCUT2D eigenvalue weighted by atomic mass is 9.77. The second-order valence-electron chi connectivity index (χ2n) is 25.8. The van der Waals surface area contributed by atoms with Crippen LogP contribution in [0.3, 0.4) is 0 Å². The van der Waals surface area contributed by atoms with Gasteiger partial charge >= 0.3 is 0 Å². The van der Waals surface area contributed by atoms with Crippen molar-refractivity contribution in [3.63, 3.8) is 0 Å². The molecule has 0 fully saturated rings. The highest BCUT2D eigenvalue weighted by atomic mass is 123. The van der Waals surface area contributed by atoms with Crippen molar-refractivity contribution in [3.8, 4) is 46.8 Å². The molecule has 2 aromatic heterocycles. The summed E-state index contributed by atoms with van der Waals surface area (Å²) in [5.41, 5.74) is 18.2. The van der Waals surface area contributed by atoms with E-state index in [1.165, 1.54) is 4.68 Å². The summed E-state index contributed by atoms with van der Waals surface area (Å²) in [5, 5.41) is 104. The van der Waals surface area contributed by atoms with E-state index in [-0.39, 0.29) is 113 Å². The Labute approximate surface area is 650 Å². The molecule has 104 heavy (non-hydrogen) atoms. The van der Waals surface area contributed by atoms with E-state index >= 15 is 0 Å². The molecule has 0 unspecified atom stereocenters. The average molecular weight is 1710 g/mol. The molecule has 8 rings (SSSR count). The minimum absolute atomic E-state index is 0.0223. The number of aliphatic hydroxyl groups excluding tert-OH is 9. The van der Waals surface area contributed by atoms with Crippen molar-refractivity contribution < 1.29 is 74.4 Å². The first kappa shape index (κ1) is 87.9. The van der Waals surface area contributed by atoms with Gasteiger partial charge in [-0.15, -0.1) is 51.4 Å². The average Bonchev–Trinajstić information content (AvgIpc) is 1.48. The molecule has 0 amide bonds. The van der Waals surface area contributed by atoms with Crippen molar-refractivity contribution >= 4 is 80.0 Å². The van der Waals surface area contributed by atoms with Crippen molar-refractivity contribution in [1.82, 2.24) is 30.0 Å². The molecule has 564 valence electrons. The number of terminal acetylenes is 1. The second kappa shape index (κ2) is 43.8. The number of hydrogen-bond donors (Lipinski definition) is 9. The number of aromatic nitrogens is 6. The van der Waals surface area contributed by atoms with Gasteiger partial charge in [0.1, 0.15) is 124 Å². The van der Waals surface area contributed by atoms with Crippen LogP contribution >= 0.6 is 80.0 Å². The third-order valence-corrected chi connectivity index (χ3v) is 19.7. The number of hydrogen-bond acceptors (Lipinski definition) is 20. The predicted octanol–water partition coefficient (Wildman–Crippen LogP) is 10.8. The van der Waals surface area contributed by atoms with Gasteiger partial charge in [-0.25, -0.2) is 9.36 Å². The van der Waals surface area contributed by atoms with Gasteiger partial charge < -0.3 is 74.4 Å². The fourth-order valence-electron chi connectivity index (χ4n) is 10.1. The van der Waals surface area contributed by atoms with Crippen LogP contribution < -0.4 is 28.4 Å². The largest absolute Gasteiger partial charge is 0.491 e. The van der Waals surface area contributed by atoms with Gasteiger partial charge in [0, 0.05) is 21.2 Å². The number of azide groups is 1. The Morgan fingerprint density at radius 1 is 0.481 bits per heavy atom. The van der Waals surface area contributed by atoms with Crippen molar-refractivity contribution in [2.24, 2.45) is 5.11 Å². The van der Waals surface area contributed by atoms with E-state index in [1.807, 2.05) is 181 Å². The molecule has 9 N–H and O–H groups in total. The molecule has 0 bridgehead atoms. The van der Waals surface area contributed by atoms with Gasteiger partial charge in [-0.3, -0.25) is 0 Å². The Bertz CT molecular complexity index is 3990. The molecule has 0 radical (unpaired) electrons. The first-order chi connectivity index (χ1) is 49.5. The summed E-state index contributed by atoms with van der Waals surface area (Å²) in [4.78, 5) is 2.62. The molecule has 0 spiro atoms. The molecule has 24 nitrogen and oxygen atoms in total. The molecule has 0 saturated carbocycles. The third-order valence-electron chi connectivity index (χ3n) is 16.6. The lowest BCUT2D eigenvalue weighted by Gasteiger charge is -2.27. The van der Waals surface area contributed by atoms with Crippen LogP contribution in [0.5, 0.6) is 34.5 Å². The number of benzene rings is 6. The lowest BCUT2D eigenvalue weighted by Crippen LogP contribution is -2.25. The highest BCUT2D eigenvalue weighted by Crippen LogP contribution is 2.38. The molecule has 0 aliphatic rings. The summed E-state index contributed by atoms with van der Waals surface area (Å²) < 4.78 is 38.4. The number of aryl methyl sites for hydroxylation is 3. The molecule has 0 aliphatic carbocycles. The SMILES string of the molecule is C#CCO.Cc1cc(C(C)(C)c2ccc(OC[C@H](O)CN=[N+]=[N-])cc2)ccc1OC[C@H](O)CCl.Cc1cc(C(C)(C)c2ccc(OC[C@H](O)Cn3nnc(CO)c3[123I])cc2)ccc1OC[C@H](O)CCl.Cc1cc(C(C)(C)c2ccc(OC[C@H](O)Cn3nnc([123I])c3CO)cc2)ccc1OC[C@H](O)CCl. The molecular formula is C75H94Cl3I2N9O15. The molecule has 2 heterocycles. The Morgan fingerprint density at radius 2 is 0.798 bits per heavy atom. The van der Waals surface area contributed by atoms with Crippen LogP contribution in [0.1, 0.15) is 103 Å². The van der Waals surface area contributed by atoms with E-state index in [1.54, 1.807) is 4.68 Å². The van der Waals surface area contributed by atoms with Crippen LogP contribution in [-0.2, 0) is 42.5 Å². The van der Waals surface area contributed by atoms with Gasteiger partial charge in [0.2, 0.25) is 0 Å². The number of rotatable bonds is 35. The maximum atomic E-state index is 10.3. The van der Waals surface area contributed by atoms with E-state index in [2.05, 4.69) is 96.8 Å². The van der Waals surface area contributed by atoms with Crippen molar-refractivity contribution in [2.45, 2.75) is 141 Å². The van der Waals surface area contributed by atoms with E-state index < -0.39 is 36.6 Å². The quantitative estimate of drug-likeness (QED) is 0.00445. The minimum atomic E-state index is -0.841. The van der Waals surface area contributed by atoms with E-state index in [0.717, 1.165) is 67.3 Å². The van der Waals surface area contributed by atoms with Crippen LogP contribution in [-0.4, -0.2) is 183 Å². The van der Waals surface area contributed by atoms with Gasteiger partial charge in [-0.1, -0.05) is 136 Å². The Hall–Kier alpha value is -6.76. The van der Waals surface area contributed by atoms with Crippen molar-refractivity contribution in [3.05, 3.63) is 207 Å². The topological polar surface area (TPSA) is 348 Å². The molecule has 0 aliphatic heterocycles. The Kier molecular flexibility index (Phi) is 37.0. The zero-order valence-electron chi connectivity index (χ0n) is 59.7. The van der Waals surface area contributed by atoms with Gasteiger partial charge in [0.15, 0.2) is 0 Å². The molecule has 6 aromatic carbocycles. The highest BCUT2D eigenvalue weighted by molar-refractivity contribution is 14.1. The Morgan fingerprint density at radius 3 is 1.10 bits per heavy atom. The number of ether oxygens (including phenoxy) is 6. The van der Waals surface area contributed by atoms with Gasteiger partial charge in [-0.2, -0.15) is 0 Å². The fourth-order valence-corrected chi connectivity index (χ4v) is 11.5. The third kappa shape index (κ3) is 26.9. The van der Waals surface area contributed by atoms with Gasteiger partial charge in [-0.05, 0) is 176 Å². The van der Waals surface area contributed by atoms with Gasteiger partial charge in [0.25, 0.3) is 0 Å². The van der Waals surface area contributed by atoms with E-state index in [9.17, 15) is 40.9 Å². The first-order valence-electron chi connectivity index (χ1n) is 33.1. The number of halogens is 5. The van der Waals surface area contributed by atoms with Gasteiger partial charge in [0.05, 0.1) is 62.3 Å². The summed E-state index contributed by atoms with van der Waals surface area (Å²) in [6.45, 7) is 19.4. The normalized spacial score (nSPS) is 13.1. The zero-order valence-corrected chi connectivity index (χ0v) is 66.2.